The summed E-state index contributed by atoms with van der Waals surface area (Å²) in [5, 5.41) is 3.16. The second-order valence-electron chi connectivity index (χ2n) is 8.51. The van der Waals surface area contributed by atoms with Gasteiger partial charge in [0.2, 0.25) is 0 Å². The number of benzene rings is 1. The first kappa shape index (κ1) is 18.8. The van der Waals surface area contributed by atoms with Crippen molar-refractivity contribution >= 4 is 16.5 Å². The summed E-state index contributed by atoms with van der Waals surface area (Å²) in [5.74, 6) is 1.00. The zero-order valence-corrected chi connectivity index (χ0v) is 17.3. The predicted molar refractivity (Wildman–Crippen MR) is 106 cm³/mol. The summed E-state index contributed by atoms with van der Waals surface area (Å²) in [6.07, 6.45) is 0. The number of thiazole rings is 1. The maximum absolute atomic E-state index is 5.84. The first-order valence-corrected chi connectivity index (χ1v) is 9.19. The molecule has 0 unspecified atom stereocenters. The molecule has 0 aliphatic heterocycles. The smallest absolute Gasteiger partial charge is 0.185 e. The van der Waals surface area contributed by atoms with Gasteiger partial charge in [-0.3, -0.25) is 0 Å². The highest BCUT2D eigenvalue weighted by molar-refractivity contribution is 7.14. The molecule has 3 nitrogen and oxygen atoms in total. The minimum atomic E-state index is 0.00174. The number of aromatic nitrogens is 1. The summed E-state index contributed by atoms with van der Waals surface area (Å²) in [6, 6.07) is 4.48. The molecule has 0 spiro atoms. The molecule has 132 valence electrons. The molecule has 4 heteroatoms. The third-order valence-electron chi connectivity index (χ3n) is 4.08. The van der Waals surface area contributed by atoms with Gasteiger partial charge in [-0.15, -0.1) is 11.3 Å². The summed E-state index contributed by atoms with van der Waals surface area (Å²) in [6.45, 7) is 13.4. The molecule has 24 heavy (non-hydrogen) atoms. The monoisotopic (exact) mass is 346 g/mol. The minimum Gasteiger partial charge on any atom is -0.496 e. The van der Waals surface area contributed by atoms with Gasteiger partial charge in [0.15, 0.2) is 5.13 Å². The van der Waals surface area contributed by atoms with Crippen LogP contribution in [0.15, 0.2) is 17.5 Å². The zero-order chi connectivity index (χ0) is 18.3. The molecule has 0 radical (unpaired) electrons. The third-order valence-corrected chi connectivity index (χ3v) is 5.09. The van der Waals surface area contributed by atoms with Gasteiger partial charge in [-0.05, 0) is 23.0 Å². The van der Waals surface area contributed by atoms with Crippen molar-refractivity contribution in [3.63, 3.8) is 0 Å². The van der Waals surface area contributed by atoms with Crippen molar-refractivity contribution in [1.29, 1.82) is 0 Å². The molecular weight excluding hydrogens is 316 g/mol. The highest BCUT2D eigenvalue weighted by Crippen LogP contribution is 2.42. The van der Waals surface area contributed by atoms with Crippen LogP contribution in [0.2, 0.25) is 0 Å². The predicted octanol–water partition coefficient (Wildman–Crippen LogP) is 5.48. The summed E-state index contributed by atoms with van der Waals surface area (Å²) >= 11 is 1.67. The van der Waals surface area contributed by atoms with Crippen LogP contribution in [0.25, 0.3) is 11.3 Å². The summed E-state index contributed by atoms with van der Waals surface area (Å²) in [5.41, 5.74) is 4.65. The number of anilines is 1. The van der Waals surface area contributed by atoms with E-state index in [0.717, 1.165) is 22.1 Å². The van der Waals surface area contributed by atoms with Crippen LogP contribution in [0.3, 0.4) is 0 Å². The van der Waals surface area contributed by atoms with Crippen molar-refractivity contribution in [3.8, 4) is 17.0 Å². The quantitative estimate of drug-likeness (QED) is 0.736. The maximum Gasteiger partial charge on any atom is 0.185 e. The lowest BCUT2D eigenvalue weighted by molar-refractivity contribution is 0.381. The van der Waals surface area contributed by atoms with Crippen LogP contribution in [-0.2, 0) is 10.8 Å². The Balaban J connectivity index is 2.73. The Kier molecular flexibility index (Phi) is 5.01. The number of methoxy groups -OCH3 is 1. The van der Waals surface area contributed by atoms with Gasteiger partial charge < -0.3 is 9.64 Å². The topological polar surface area (TPSA) is 25.4 Å². The molecule has 0 bridgehead atoms. The van der Waals surface area contributed by atoms with Crippen molar-refractivity contribution in [3.05, 3.63) is 28.6 Å². The van der Waals surface area contributed by atoms with E-state index in [4.69, 9.17) is 9.72 Å². The molecule has 2 rings (SSSR count). The van der Waals surface area contributed by atoms with Gasteiger partial charge in [0.25, 0.3) is 0 Å². The highest BCUT2D eigenvalue weighted by atomic mass is 32.1. The first-order valence-electron chi connectivity index (χ1n) is 8.31. The number of hydrogen-bond donors (Lipinski definition) is 0. The maximum atomic E-state index is 5.84. The normalized spacial score (nSPS) is 12.4. The lowest BCUT2D eigenvalue weighted by atomic mass is 9.78. The van der Waals surface area contributed by atoms with Crippen molar-refractivity contribution < 1.29 is 4.74 Å². The third kappa shape index (κ3) is 3.75. The SMILES string of the molecule is COc1c(C(C)(C)C)cc(-c2csc(N(C)C)n2)cc1C(C)(C)C. The molecule has 1 aromatic heterocycles. The number of nitrogens with zero attached hydrogens (tertiary/aromatic N) is 2. The van der Waals surface area contributed by atoms with Crippen molar-refractivity contribution in [2.75, 3.05) is 26.1 Å². The van der Waals surface area contributed by atoms with Gasteiger partial charge >= 0.3 is 0 Å². The second kappa shape index (κ2) is 6.40. The van der Waals surface area contributed by atoms with Gasteiger partial charge in [0.05, 0.1) is 12.8 Å². The average molecular weight is 347 g/mol. The summed E-state index contributed by atoms with van der Waals surface area (Å²) in [4.78, 5) is 6.83. The lowest BCUT2D eigenvalue weighted by Crippen LogP contribution is -2.19. The Labute approximate surface area is 150 Å². The van der Waals surface area contributed by atoms with Crippen LogP contribution < -0.4 is 9.64 Å². The van der Waals surface area contributed by atoms with Gasteiger partial charge in [0, 0.05) is 36.2 Å². The standard InChI is InChI=1S/C20H30N2OS/c1-19(2,3)14-10-13(16-12-24-18(21-16)22(7)8)11-15(17(14)23-9)20(4,5)6/h10-12H,1-9H3. The fourth-order valence-electron chi connectivity index (χ4n) is 2.71. The Morgan fingerprint density at radius 3 is 1.79 bits per heavy atom. The van der Waals surface area contributed by atoms with E-state index in [-0.39, 0.29) is 10.8 Å². The highest BCUT2D eigenvalue weighted by Gasteiger charge is 2.28. The Morgan fingerprint density at radius 1 is 0.958 bits per heavy atom. The first-order chi connectivity index (χ1) is 10.9. The van der Waals surface area contributed by atoms with E-state index in [2.05, 4.69) is 59.1 Å². The molecule has 0 fully saturated rings. The van der Waals surface area contributed by atoms with E-state index in [9.17, 15) is 0 Å². The molecule has 0 saturated heterocycles. The minimum absolute atomic E-state index is 0.00174. The van der Waals surface area contributed by atoms with Crippen LogP contribution in [0.5, 0.6) is 5.75 Å². The fraction of sp³-hybridized carbons (Fsp3) is 0.550. The molecule has 2 aromatic rings. The number of hydrogen-bond acceptors (Lipinski definition) is 4. The van der Waals surface area contributed by atoms with E-state index >= 15 is 0 Å². The Hall–Kier alpha value is -1.55. The van der Waals surface area contributed by atoms with Gasteiger partial charge in [-0.25, -0.2) is 4.98 Å². The Bertz CT molecular complexity index is 683. The molecule has 0 aliphatic rings. The fourth-order valence-corrected chi connectivity index (χ4v) is 3.48. The van der Waals surface area contributed by atoms with Gasteiger partial charge in [0.1, 0.15) is 5.75 Å². The van der Waals surface area contributed by atoms with Crippen molar-refractivity contribution in [2.45, 2.75) is 52.4 Å². The molecule has 0 amide bonds. The van der Waals surface area contributed by atoms with Crippen LogP contribution in [0.4, 0.5) is 5.13 Å². The van der Waals surface area contributed by atoms with Crippen molar-refractivity contribution in [2.24, 2.45) is 0 Å². The average Bonchev–Trinajstić information content (AvgIpc) is 2.93. The van der Waals surface area contributed by atoms with Crippen LogP contribution in [-0.4, -0.2) is 26.2 Å². The van der Waals surface area contributed by atoms with Crippen LogP contribution in [0, 0.1) is 0 Å². The zero-order valence-electron chi connectivity index (χ0n) is 16.4. The van der Waals surface area contributed by atoms with E-state index in [1.807, 2.05) is 19.0 Å². The summed E-state index contributed by atoms with van der Waals surface area (Å²) in [7, 11) is 5.82. The molecule has 1 aromatic carbocycles. The van der Waals surface area contributed by atoms with Crippen LogP contribution in [0.1, 0.15) is 52.7 Å². The second-order valence-corrected chi connectivity index (χ2v) is 9.35. The lowest BCUT2D eigenvalue weighted by Gasteiger charge is -2.29. The number of rotatable bonds is 3. The van der Waals surface area contributed by atoms with Gasteiger partial charge in [-0.2, -0.15) is 0 Å². The molecule has 1 heterocycles. The van der Waals surface area contributed by atoms with E-state index in [0.29, 0.717) is 0 Å². The Morgan fingerprint density at radius 2 is 1.46 bits per heavy atom. The van der Waals surface area contributed by atoms with Crippen molar-refractivity contribution in [1.82, 2.24) is 4.98 Å². The van der Waals surface area contributed by atoms with Crippen LogP contribution >= 0.6 is 11.3 Å². The largest absolute Gasteiger partial charge is 0.496 e. The number of ether oxygens (including phenoxy) is 1. The molecule has 0 N–H and O–H groups in total. The van der Waals surface area contributed by atoms with E-state index in [1.54, 1.807) is 18.4 Å². The summed E-state index contributed by atoms with van der Waals surface area (Å²) < 4.78 is 5.84. The van der Waals surface area contributed by atoms with E-state index in [1.165, 1.54) is 11.1 Å². The molecular formula is C20H30N2OS. The molecule has 0 aliphatic carbocycles. The van der Waals surface area contributed by atoms with E-state index < -0.39 is 0 Å². The molecule has 0 saturated carbocycles. The van der Waals surface area contributed by atoms with Gasteiger partial charge in [-0.1, -0.05) is 41.5 Å². The molecule has 0 atom stereocenters.